The molecule has 3 nitrogen and oxygen atoms in total. The molecule has 0 spiro atoms. The van der Waals surface area contributed by atoms with E-state index < -0.39 is 0 Å². The Morgan fingerprint density at radius 2 is 1.93 bits per heavy atom. The van der Waals surface area contributed by atoms with Crippen molar-refractivity contribution in [2.24, 2.45) is 5.92 Å². The number of hydrogen-bond donors (Lipinski definition) is 1. The number of hydrogen-bond acceptors (Lipinski definition) is 3. The zero-order valence-electron chi connectivity index (χ0n) is 14.9. The smallest absolute Gasteiger partial charge is 0.103 e. The SMILES string of the molecule is Cc1nc(C[C@H]2CSc3cc(Cl)ccc3[C@H]2OCc2ccc(Cl)cc2)c[nH]1. The highest BCUT2D eigenvalue weighted by atomic mass is 35.5. The second-order valence-corrected chi connectivity index (χ2v) is 8.73. The van der Waals surface area contributed by atoms with Gasteiger partial charge in [-0.25, -0.2) is 4.98 Å². The summed E-state index contributed by atoms with van der Waals surface area (Å²) in [5, 5.41) is 1.50. The molecule has 6 heteroatoms. The number of H-pyrrole nitrogens is 1. The van der Waals surface area contributed by atoms with Crippen LogP contribution in [0.1, 0.15) is 28.7 Å². The van der Waals surface area contributed by atoms with E-state index in [1.165, 1.54) is 10.5 Å². The van der Waals surface area contributed by atoms with E-state index in [1.807, 2.05) is 61.3 Å². The molecule has 2 atom stereocenters. The molecule has 2 aromatic carbocycles. The third-order valence-electron chi connectivity index (χ3n) is 4.74. The molecule has 3 aromatic rings. The summed E-state index contributed by atoms with van der Waals surface area (Å²) >= 11 is 14.0. The molecule has 0 aliphatic carbocycles. The van der Waals surface area contributed by atoms with Crippen molar-refractivity contribution in [3.63, 3.8) is 0 Å². The summed E-state index contributed by atoms with van der Waals surface area (Å²) in [7, 11) is 0. The zero-order chi connectivity index (χ0) is 18.8. The number of nitrogens with one attached hydrogen (secondary N) is 1. The van der Waals surface area contributed by atoms with Crippen LogP contribution in [0.2, 0.25) is 10.0 Å². The lowest BCUT2D eigenvalue weighted by Gasteiger charge is -2.33. The van der Waals surface area contributed by atoms with Crippen molar-refractivity contribution in [2.75, 3.05) is 5.75 Å². The van der Waals surface area contributed by atoms with Gasteiger partial charge in [0.05, 0.1) is 18.4 Å². The van der Waals surface area contributed by atoms with E-state index in [1.54, 1.807) is 0 Å². The molecular formula is C21H20Cl2N2OS. The Morgan fingerprint density at radius 1 is 1.15 bits per heavy atom. The van der Waals surface area contributed by atoms with Crippen molar-refractivity contribution in [3.8, 4) is 0 Å². The molecule has 2 heterocycles. The Hall–Kier alpha value is -1.46. The van der Waals surface area contributed by atoms with Crippen LogP contribution < -0.4 is 0 Å². The van der Waals surface area contributed by atoms with Crippen molar-refractivity contribution in [1.29, 1.82) is 0 Å². The molecule has 0 fully saturated rings. The molecule has 1 N–H and O–H groups in total. The summed E-state index contributed by atoms with van der Waals surface area (Å²) in [6, 6.07) is 13.9. The first kappa shape index (κ1) is 18.9. The minimum Gasteiger partial charge on any atom is -0.368 e. The van der Waals surface area contributed by atoms with Gasteiger partial charge in [0.1, 0.15) is 5.82 Å². The van der Waals surface area contributed by atoms with Gasteiger partial charge in [-0.05, 0) is 48.7 Å². The Balaban J connectivity index is 1.57. The first-order valence-electron chi connectivity index (χ1n) is 8.87. The fourth-order valence-corrected chi connectivity index (χ4v) is 5.02. The second-order valence-electron chi connectivity index (χ2n) is 6.79. The fraction of sp³-hybridized carbons (Fsp3) is 0.286. The standard InChI is InChI=1S/C21H20Cl2N2OS/c1-13-24-10-18(25-13)8-15-12-27-20-9-17(23)6-7-19(20)21(15)26-11-14-2-4-16(22)5-3-14/h2-7,9-10,15,21H,8,11-12H2,1H3,(H,24,25)/t15-,21-/m0/s1. The predicted molar refractivity (Wildman–Crippen MR) is 112 cm³/mol. The van der Waals surface area contributed by atoms with Crippen LogP contribution in [0.15, 0.2) is 53.6 Å². The maximum atomic E-state index is 6.43. The molecule has 0 radical (unpaired) electrons. The highest BCUT2D eigenvalue weighted by Crippen LogP contribution is 2.44. The van der Waals surface area contributed by atoms with E-state index in [4.69, 9.17) is 27.9 Å². The molecule has 140 valence electrons. The van der Waals surface area contributed by atoms with E-state index in [-0.39, 0.29) is 6.10 Å². The molecule has 1 aliphatic heterocycles. The molecule has 1 aliphatic rings. The maximum absolute atomic E-state index is 6.43. The van der Waals surface area contributed by atoms with Gasteiger partial charge in [0.2, 0.25) is 0 Å². The first-order chi connectivity index (χ1) is 13.1. The summed E-state index contributed by atoms with van der Waals surface area (Å²) in [6.45, 7) is 2.52. The van der Waals surface area contributed by atoms with Crippen molar-refractivity contribution >= 4 is 35.0 Å². The summed E-state index contributed by atoms with van der Waals surface area (Å²) in [6.07, 6.45) is 2.88. The van der Waals surface area contributed by atoms with Crippen molar-refractivity contribution in [1.82, 2.24) is 9.97 Å². The normalized spacial score (nSPS) is 19.1. The number of thioether (sulfide) groups is 1. The second kappa shape index (κ2) is 8.27. The Labute approximate surface area is 173 Å². The van der Waals surface area contributed by atoms with E-state index in [2.05, 4.69) is 16.0 Å². The van der Waals surface area contributed by atoms with E-state index in [9.17, 15) is 0 Å². The highest BCUT2D eigenvalue weighted by Gasteiger charge is 2.31. The van der Waals surface area contributed by atoms with Crippen LogP contribution in [0, 0.1) is 12.8 Å². The predicted octanol–water partition coefficient (Wildman–Crippen LogP) is 6.25. The lowest BCUT2D eigenvalue weighted by Crippen LogP contribution is -2.25. The monoisotopic (exact) mass is 418 g/mol. The molecule has 0 bridgehead atoms. The minimum absolute atomic E-state index is 0.00574. The number of nitrogens with zero attached hydrogens (tertiary/aromatic N) is 1. The number of ether oxygens (including phenoxy) is 1. The lowest BCUT2D eigenvalue weighted by molar-refractivity contribution is 0.00198. The van der Waals surface area contributed by atoms with Crippen LogP contribution in [0.5, 0.6) is 0 Å². The van der Waals surface area contributed by atoms with Gasteiger partial charge < -0.3 is 9.72 Å². The number of aryl methyl sites for hydroxylation is 1. The quantitative estimate of drug-likeness (QED) is 0.531. The van der Waals surface area contributed by atoms with Gasteiger partial charge in [-0.2, -0.15) is 0 Å². The van der Waals surface area contributed by atoms with Crippen molar-refractivity contribution < 1.29 is 4.74 Å². The number of aromatic nitrogens is 2. The van der Waals surface area contributed by atoms with Gasteiger partial charge in [0.25, 0.3) is 0 Å². The Bertz CT molecular complexity index is 926. The number of imidazole rings is 1. The molecular weight excluding hydrogens is 399 g/mol. The number of benzene rings is 2. The van der Waals surface area contributed by atoms with E-state index in [0.29, 0.717) is 12.5 Å². The van der Waals surface area contributed by atoms with E-state index in [0.717, 1.165) is 39.3 Å². The molecule has 1 aromatic heterocycles. The summed E-state index contributed by atoms with van der Waals surface area (Å²) in [4.78, 5) is 8.96. The topological polar surface area (TPSA) is 37.9 Å². The van der Waals surface area contributed by atoms with Gasteiger partial charge in [-0.15, -0.1) is 11.8 Å². The molecule has 0 unspecified atom stereocenters. The first-order valence-corrected chi connectivity index (χ1v) is 10.6. The lowest BCUT2D eigenvalue weighted by atomic mass is 9.92. The van der Waals surface area contributed by atoms with Crippen LogP contribution >= 0.6 is 35.0 Å². The van der Waals surface area contributed by atoms with Gasteiger partial charge in [-0.1, -0.05) is 41.4 Å². The largest absolute Gasteiger partial charge is 0.368 e. The van der Waals surface area contributed by atoms with Crippen LogP contribution in [-0.2, 0) is 17.8 Å². The van der Waals surface area contributed by atoms with Crippen LogP contribution in [0.3, 0.4) is 0 Å². The Morgan fingerprint density at radius 3 is 2.67 bits per heavy atom. The average molecular weight is 419 g/mol. The fourth-order valence-electron chi connectivity index (χ4n) is 3.41. The molecule has 0 saturated heterocycles. The number of halogens is 2. The third kappa shape index (κ3) is 4.52. The average Bonchev–Trinajstić information content (AvgIpc) is 3.07. The number of rotatable bonds is 5. The summed E-state index contributed by atoms with van der Waals surface area (Å²) in [5.41, 5.74) is 3.40. The van der Waals surface area contributed by atoms with Crippen LogP contribution in [0.25, 0.3) is 0 Å². The maximum Gasteiger partial charge on any atom is 0.103 e. The van der Waals surface area contributed by atoms with E-state index >= 15 is 0 Å². The molecule has 0 saturated carbocycles. The molecule has 4 rings (SSSR count). The minimum atomic E-state index is 0.00574. The van der Waals surface area contributed by atoms with Gasteiger partial charge in [-0.3, -0.25) is 0 Å². The third-order valence-corrected chi connectivity index (χ3v) is 6.48. The van der Waals surface area contributed by atoms with Crippen LogP contribution in [0.4, 0.5) is 0 Å². The van der Waals surface area contributed by atoms with Crippen molar-refractivity contribution in [2.45, 2.75) is 31.0 Å². The Kier molecular flexibility index (Phi) is 5.79. The number of aromatic amines is 1. The molecule has 27 heavy (non-hydrogen) atoms. The van der Waals surface area contributed by atoms with Gasteiger partial charge in [0.15, 0.2) is 0 Å². The molecule has 0 amide bonds. The summed E-state index contributed by atoms with van der Waals surface area (Å²) < 4.78 is 6.43. The highest BCUT2D eigenvalue weighted by molar-refractivity contribution is 7.99. The zero-order valence-corrected chi connectivity index (χ0v) is 17.2. The van der Waals surface area contributed by atoms with Gasteiger partial charge >= 0.3 is 0 Å². The summed E-state index contributed by atoms with van der Waals surface area (Å²) in [5.74, 6) is 2.27. The van der Waals surface area contributed by atoms with Crippen molar-refractivity contribution in [3.05, 3.63) is 81.4 Å². The number of fused-ring (bicyclic) bond motifs is 1. The van der Waals surface area contributed by atoms with Gasteiger partial charge in [0, 0.05) is 32.8 Å². The van der Waals surface area contributed by atoms with Crippen LogP contribution in [-0.4, -0.2) is 15.7 Å².